The topological polar surface area (TPSA) is 52.7 Å². The van der Waals surface area contributed by atoms with Gasteiger partial charge >= 0.3 is 0 Å². The molecule has 0 saturated carbocycles. The standard InChI is InChI=1S/C25H35N3O2/c1-8-24(29)26-22-12-13-23(27(6)7)21(15-22)16-28(19(5)17(2)3)25(30)20-11-9-10-18(4)14-20/h9-15,17,19H,8,16H2,1-7H3,(H,26,29)/t19-/m0/s1. The van der Waals surface area contributed by atoms with Crippen LogP contribution in [0.4, 0.5) is 11.4 Å². The first-order chi connectivity index (χ1) is 14.1. The van der Waals surface area contributed by atoms with Crippen LogP contribution in [0.15, 0.2) is 42.5 Å². The number of aryl methyl sites for hydroxylation is 1. The van der Waals surface area contributed by atoms with Gasteiger partial charge in [0.25, 0.3) is 5.91 Å². The van der Waals surface area contributed by atoms with E-state index in [1.165, 1.54) is 0 Å². The molecule has 1 atom stereocenters. The highest BCUT2D eigenvalue weighted by molar-refractivity contribution is 5.95. The van der Waals surface area contributed by atoms with E-state index in [9.17, 15) is 9.59 Å². The van der Waals surface area contributed by atoms with Gasteiger partial charge in [-0.1, -0.05) is 38.5 Å². The molecule has 0 aliphatic carbocycles. The third-order valence-electron chi connectivity index (χ3n) is 5.49. The third kappa shape index (κ3) is 5.85. The molecular formula is C25H35N3O2. The van der Waals surface area contributed by atoms with Crippen LogP contribution in [0.1, 0.15) is 55.6 Å². The minimum absolute atomic E-state index is 0.0209. The maximum absolute atomic E-state index is 13.5. The largest absolute Gasteiger partial charge is 0.377 e. The van der Waals surface area contributed by atoms with Crippen LogP contribution < -0.4 is 10.2 Å². The van der Waals surface area contributed by atoms with E-state index in [1.54, 1.807) is 0 Å². The fraction of sp³-hybridized carbons (Fsp3) is 0.440. The SMILES string of the molecule is CCC(=O)Nc1ccc(N(C)C)c(CN(C(=O)c2cccc(C)c2)[C@@H](C)C(C)C)c1. The van der Waals surface area contributed by atoms with Gasteiger partial charge < -0.3 is 15.1 Å². The van der Waals surface area contributed by atoms with E-state index >= 15 is 0 Å². The Morgan fingerprint density at radius 2 is 1.73 bits per heavy atom. The van der Waals surface area contributed by atoms with Crippen LogP contribution in [0.5, 0.6) is 0 Å². The second-order valence-electron chi connectivity index (χ2n) is 8.43. The molecule has 2 amide bonds. The molecule has 2 aromatic rings. The molecule has 0 heterocycles. The molecule has 0 unspecified atom stereocenters. The summed E-state index contributed by atoms with van der Waals surface area (Å²) in [4.78, 5) is 29.3. The summed E-state index contributed by atoms with van der Waals surface area (Å²) in [5.41, 5.74) is 4.55. The maximum Gasteiger partial charge on any atom is 0.254 e. The van der Waals surface area contributed by atoms with Crippen LogP contribution in [0.2, 0.25) is 0 Å². The highest BCUT2D eigenvalue weighted by Crippen LogP contribution is 2.27. The van der Waals surface area contributed by atoms with Gasteiger partial charge in [-0.05, 0) is 55.7 Å². The van der Waals surface area contributed by atoms with Crippen LogP contribution in [0, 0.1) is 12.8 Å². The molecule has 2 aromatic carbocycles. The van der Waals surface area contributed by atoms with Crippen molar-refractivity contribution in [1.82, 2.24) is 4.90 Å². The van der Waals surface area contributed by atoms with Gasteiger partial charge in [-0.2, -0.15) is 0 Å². The lowest BCUT2D eigenvalue weighted by atomic mass is 10.0. The second-order valence-corrected chi connectivity index (χ2v) is 8.43. The molecule has 0 bridgehead atoms. The van der Waals surface area contributed by atoms with Gasteiger partial charge in [-0.15, -0.1) is 0 Å². The molecule has 0 radical (unpaired) electrons. The Labute approximate surface area is 181 Å². The molecule has 0 aromatic heterocycles. The fourth-order valence-corrected chi connectivity index (χ4v) is 3.36. The number of nitrogens with one attached hydrogen (secondary N) is 1. The summed E-state index contributed by atoms with van der Waals surface area (Å²) in [5.74, 6) is 0.305. The molecule has 1 N–H and O–H groups in total. The Bertz CT molecular complexity index is 890. The molecular weight excluding hydrogens is 374 g/mol. The van der Waals surface area contributed by atoms with Gasteiger partial charge in [0.2, 0.25) is 5.91 Å². The Balaban J connectivity index is 2.46. The number of anilines is 2. The van der Waals surface area contributed by atoms with E-state index in [4.69, 9.17) is 0 Å². The maximum atomic E-state index is 13.5. The Morgan fingerprint density at radius 1 is 1.03 bits per heavy atom. The first-order valence-corrected chi connectivity index (χ1v) is 10.6. The van der Waals surface area contributed by atoms with E-state index in [0.717, 1.165) is 22.5 Å². The van der Waals surface area contributed by atoms with Crippen LogP contribution in [0.3, 0.4) is 0 Å². The van der Waals surface area contributed by atoms with Crippen molar-refractivity contribution in [3.8, 4) is 0 Å². The summed E-state index contributed by atoms with van der Waals surface area (Å²) in [6.45, 7) is 10.7. The summed E-state index contributed by atoms with van der Waals surface area (Å²) < 4.78 is 0. The molecule has 5 heteroatoms. The predicted octanol–water partition coefficient (Wildman–Crippen LogP) is 5.10. The Morgan fingerprint density at radius 3 is 2.30 bits per heavy atom. The number of amides is 2. The van der Waals surface area contributed by atoms with Gasteiger partial charge in [0.05, 0.1) is 0 Å². The van der Waals surface area contributed by atoms with Crippen molar-refractivity contribution >= 4 is 23.2 Å². The summed E-state index contributed by atoms with van der Waals surface area (Å²) in [6, 6.07) is 13.7. The van der Waals surface area contributed by atoms with Crippen molar-refractivity contribution in [2.45, 2.75) is 53.6 Å². The van der Waals surface area contributed by atoms with Gasteiger partial charge in [0, 0.05) is 50.0 Å². The number of hydrogen-bond acceptors (Lipinski definition) is 3. The Hall–Kier alpha value is -2.82. The van der Waals surface area contributed by atoms with Crippen LogP contribution in [0.25, 0.3) is 0 Å². The molecule has 0 aliphatic heterocycles. The summed E-state index contributed by atoms with van der Waals surface area (Å²) >= 11 is 0. The Kier molecular flexibility index (Phi) is 8.04. The number of benzene rings is 2. The van der Waals surface area contributed by atoms with Gasteiger partial charge in [-0.25, -0.2) is 0 Å². The highest BCUT2D eigenvalue weighted by atomic mass is 16.2. The predicted molar refractivity (Wildman–Crippen MR) is 125 cm³/mol. The van der Waals surface area contributed by atoms with Gasteiger partial charge in [0.15, 0.2) is 0 Å². The van der Waals surface area contributed by atoms with Crippen LogP contribution in [-0.2, 0) is 11.3 Å². The zero-order chi connectivity index (χ0) is 22.4. The summed E-state index contributed by atoms with van der Waals surface area (Å²) in [7, 11) is 3.98. The fourth-order valence-electron chi connectivity index (χ4n) is 3.36. The minimum Gasteiger partial charge on any atom is -0.377 e. The average Bonchev–Trinajstić information content (AvgIpc) is 2.70. The average molecular weight is 410 g/mol. The zero-order valence-corrected chi connectivity index (χ0v) is 19.3. The molecule has 5 nitrogen and oxygen atoms in total. The van der Waals surface area contributed by atoms with Crippen molar-refractivity contribution in [3.05, 3.63) is 59.2 Å². The molecule has 0 aliphatic rings. The van der Waals surface area contributed by atoms with E-state index in [2.05, 4.69) is 26.1 Å². The quantitative estimate of drug-likeness (QED) is 0.660. The second kappa shape index (κ2) is 10.3. The lowest BCUT2D eigenvalue weighted by Gasteiger charge is -2.33. The molecule has 2 rings (SSSR count). The number of carbonyl (C=O) groups is 2. The van der Waals surface area contributed by atoms with Crippen molar-refractivity contribution in [3.63, 3.8) is 0 Å². The number of rotatable bonds is 8. The molecule has 0 saturated heterocycles. The number of nitrogens with zero attached hydrogens (tertiary/aromatic N) is 2. The monoisotopic (exact) mass is 409 g/mol. The lowest BCUT2D eigenvalue weighted by molar-refractivity contribution is -0.115. The normalized spacial score (nSPS) is 11.9. The van der Waals surface area contributed by atoms with Crippen molar-refractivity contribution in [2.24, 2.45) is 5.92 Å². The van der Waals surface area contributed by atoms with Crippen LogP contribution in [-0.4, -0.2) is 36.9 Å². The van der Waals surface area contributed by atoms with E-state index in [0.29, 0.717) is 24.4 Å². The summed E-state index contributed by atoms with van der Waals surface area (Å²) in [5, 5.41) is 2.93. The number of carbonyl (C=O) groups excluding carboxylic acids is 2. The highest BCUT2D eigenvalue weighted by Gasteiger charge is 2.25. The molecule has 0 spiro atoms. The van der Waals surface area contributed by atoms with Crippen molar-refractivity contribution < 1.29 is 9.59 Å². The molecule has 0 fully saturated rings. The first kappa shape index (κ1) is 23.5. The van der Waals surface area contributed by atoms with E-state index in [-0.39, 0.29) is 17.9 Å². The first-order valence-electron chi connectivity index (χ1n) is 10.6. The molecule has 30 heavy (non-hydrogen) atoms. The van der Waals surface area contributed by atoms with Crippen LogP contribution >= 0.6 is 0 Å². The van der Waals surface area contributed by atoms with Gasteiger partial charge in [-0.3, -0.25) is 9.59 Å². The van der Waals surface area contributed by atoms with Gasteiger partial charge in [0.1, 0.15) is 0 Å². The van der Waals surface area contributed by atoms with E-state index in [1.807, 2.05) is 80.2 Å². The summed E-state index contributed by atoms with van der Waals surface area (Å²) in [6.07, 6.45) is 0.424. The molecule has 162 valence electrons. The van der Waals surface area contributed by atoms with Crippen molar-refractivity contribution in [1.29, 1.82) is 0 Å². The third-order valence-corrected chi connectivity index (χ3v) is 5.49. The smallest absolute Gasteiger partial charge is 0.254 e. The van der Waals surface area contributed by atoms with E-state index < -0.39 is 0 Å². The number of hydrogen-bond donors (Lipinski definition) is 1. The lowest BCUT2D eigenvalue weighted by Crippen LogP contribution is -2.41. The van der Waals surface area contributed by atoms with Crippen molar-refractivity contribution in [2.75, 3.05) is 24.3 Å². The minimum atomic E-state index is -0.0261. The zero-order valence-electron chi connectivity index (χ0n) is 19.3.